The molecule has 18 heavy (non-hydrogen) atoms. The minimum absolute atomic E-state index is 0.150. The molecule has 2 N–H and O–H groups in total. The molecule has 0 bridgehead atoms. The second kappa shape index (κ2) is 6.70. The third-order valence-corrected chi connectivity index (χ3v) is 3.19. The summed E-state index contributed by atoms with van der Waals surface area (Å²) in [4.78, 5) is 24.0. The third-order valence-electron chi connectivity index (χ3n) is 3.19. The van der Waals surface area contributed by atoms with Crippen LogP contribution in [0.15, 0.2) is 0 Å². The number of piperidine rings is 1. The molecule has 0 aromatic rings. The lowest BCUT2D eigenvalue weighted by atomic mass is 9.85. The Labute approximate surface area is 107 Å². The van der Waals surface area contributed by atoms with Gasteiger partial charge in [-0.25, -0.2) is 0 Å². The molecular formula is C12H21NO5. The van der Waals surface area contributed by atoms with Gasteiger partial charge in [-0.15, -0.1) is 0 Å². The molecule has 6 nitrogen and oxygen atoms in total. The third kappa shape index (κ3) is 4.27. The summed E-state index contributed by atoms with van der Waals surface area (Å²) in [6.07, 6.45) is 0.533. The average molecular weight is 259 g/mol. The highest BCUT2D eigenvalue weighted by Gasteiger charge is 2.38. The highest BCUT2D eigenvalue weighted by atomic mass is 16.5. The van der Waals surface area contributed by atoms with Crippen LogP contribution in [0.3, 0.4) is 0 Å². The first-order valence-corrected chi connectivity index (χ1v) is 6.21. The molecule has 1 rings (SSSR count). The Bertz CT molecular complexity index is 305. The fraction of sp³-hybridized carbons (Fsp3) is 0.833. The molecule has 0 spiro atoms. The van der Waals surface area contributed by atoms with E-state index >= 15 is 0 Å². The minimum Gasteiger partial charge on any atom is -0.481 e. The van der Waals surface area contributed by atoms with E-state index < -0.39 is 23.8 Å². The fourth-order valence-electron chi connectivity index (χ4n) is 2.19. The quantitative estimate of drug-likeness (QED) is 0.723. The number of carbonyl (C=O) groups is 2. The molecular weight excluding hydrogens is 238 g/mol. The predicted molar refractivity (Wildman–Crippen MR) is 64.4 cm³/mol. The van der Waals surface area contributed by atoms with Gasteiger partial charge in [0.2, 0.25) is 0 Å². The van der Waals surface area contributed by atoms with E-state index in [9.17, 15) is 9.59 Å². The summed E-state index contributed by atoms with van der Waals surface area (Å²) in [6, 6.07) is 0. The van der Waals surface area contributed by atoms with E-state index in [1.165, 1.54) is 0 Å². The van der Waals surface area contributed by atoms with Gasteiger partial charge in [-0.1, -0.05) is 0 Å². The van der Waals surface area contributed by atoms with Crippen molar-refractivity contribution in [2.24, 2.45) is 11.8 Å². The Morgan fingerprint density at radius 1 is 1.28 bits per heavy atom. The summed E-state index contributed by atoms with van der Waals surface area (Å²) in [6.45, 7) is 5.97. The van der Waals surface area contributed by atoms with E-state index in [2.05, 4.69) is 0 Å². The number of hydrogen-bond donors (Lipinski definition) is 2. The Morgan fingerprint density at radius 2 is 1.89 bits per heavy atom. The van der Waals surface area contributed by atoms with Crippen LogP contribution in [0.25, 0.3) is 0 Å². The lowest BCUT2D eigenvalue weighted by Gasteiger charge is -2.34. The lowest BCUT2D eigenvalue weighted by Crippen LogP contribution is -2.47. The first kappa shape index (κ1) is 14.9. The number of carboxylic acids is 2. The van der Waals surface area contributed by atoms with Crippen LogP contribution < -0.4 is 0 Å². The van der Waals surface area contributed by atoms with Gasteiger partial charge < -0.3 is 19.8 Å². The molecule has 0 radical (unpaired) electrons. The molecule has 0 amide bonds. The molecule has 0 aromatic carbocycles. The molecule has 2 atom stereocenters. The molecule has 0 aliphatic carbocycles. The number of rotatable bonds is 6. The molecule has 1 aliphatic rings. The zero-order valence-electron chi connectivity index (χ0n) is 10.8. The van der Waals surface area contributed by atoms with Crippen molar-refractivity contribution >= 4 is 11.9 Å². The number of ether oxygens (including phenoxy) is 1. The van der Waals surface area contributed by atoms with Gasteiger partial charge >= 0.3 is 11.9 Å². The van der Waals surface area contributed by atoms with Crippen LogP contribution in [0, 0.1) is 11.8 Å². The normalized spacial score (nSPS) is 25.3. The molecule has 104 valence electrons. The molecule has 0 saturated carbocycles. The zero-order valence-corrected chi connectivity index (χ0v) is 10.8. The summed E-state index contributed by atoms with van der Waals surface area (Å²) in [5.41, 5.74) is 0. The van der Waals surface area contributed by atoms with Crippen molar-refractivity contribution in [3.63, 3.8) is 0 Å². The first-order valence-electron chi connectivity index (χ1n) is 6.21. The maximum atomic E-state index is 11.1. The monoisotopic (exact) mass is 259 g/mol. The highest BCUT2D eigenvalue weighted by molar-refractivity contribution is 5.80. The van der Waals surface area contributed by atoms with E-state index in [0.29, 0.717) is 26.1 Å². The summed E-state index contributed by atoms with van der Waals surface area (Å²) in [5, 5.41) is 18.1. The minimum atomic E-state index is -1.03. The van der Waals surface area contributed by atoms with Gasteiger partial charge in [0.1, 0.15) is 0 Å². The van der Waals surface area contributed by atoms with E-state index in [1.54, 1.807) is 0 Å². The Hall–Kier alpha value is -1.14. The van der Waals surface area contributed by atoms with Crippen LogP contribution in [0.1, 0.15) is 20.3 Å². The second-order valence-corrected chi connectivity index (χ2v) is 4.90. The maximum Gasteiger partial charge on any atom is 0.308 e. The van der Waals surface area contributed by atoms with Crippen LogP contribution in [0.5, 0.6) is 0 Å². The van der Waals surface area contributed by atoms with E-state index in [4.69, 9.17) is 14.9 Å². The Kier molecular flexibility index (Phi) is 5.55. The van der Waals surface area contributed by atoms with Crippen LogP contribution in [0.4, 0.5) is 0 Å². The number of likely N-dealkylation sites (tertiary alicyclic amines) is 1. The van der Waals surface area contributed by atoms with Gasteiger partial charge in [0, 0.05) is 13.1 Å². The number of nitrogens with zero attached hydrogens (tertiary/aromatic N) is 1. The van der Waals surface area contributed by atoms with E-state index in [1.807, 2.05) is 18.7 Å². The Morgan fingerprint density at radius 3 is 2.39 bits per heavy atom. The molecule has 0 aromatic heterocycles. The molecule has 1 heterocycles. The van der Waals surface area contributed by atoms with Gasteiger partial charge in [-0.2, -0.15) is 0 Å². The van der Waals surface area contributed by atoms with Gasteiger partial charge in [-0.3, -0.25) is 9.59 Å². The first-order chi connectivity index (χ1) is 8.41. The standard InChI is InChI=1S/C12H21NO5/c1-8(2)18-6-5-13-4-3-9(11(14)15)10(7-13)12(16)17/h8-10H,3-7H2,1-2H3,(H,14,15)(H,16,17). The van der Waals surface area contributed by atoms with Crippen LogP contribution in [0.2, 0.25) is 0 Å². The average Bonchev–Trinajstić information content (AvgIpc) is 2.28. The summed E-state index contributed by atoms with van der Waals surface area (Å²) < 4.78 is 5.41. The van der Waals surface area contributed by atoms with Crippen molar-refractivity contribution < 1.29 is 24.5 Å². The summed E-state index contributed by atoms with van der Waals surface area (Å²) in [7, 11) is 0. The molecule has 1 saturated heterocycles. The maximum absolute atomic E-state index is 11.1. The highest BCUT2D eigenvalue weighted by Crippen LogP contribution is 2.24. The van der Waals surface area contributed by atoms with Crippen LogP contribution >= 0.6 is 0 Å². The van der Waals surface area contributed by atoms with E-state index in [-0.39, 0.29) is 12.6 Å². The molecule has 1 aliphatic heterocycles. The van der Waals surface area contributed by atoms with Gasteiger partial charge in [0.15, 0.2) is 0 Å². The predicted octanol–water partition coefficient (Wildman–Crippen LogP) is 0.519. The van der Waals surface area contributed by atoms with Crippen molar-refractivity contribution in [2.75, 3.05) is 26.2 Å². The number of hydrogen-bond acceptors (Lipinski definition) is 4. The fourth-order valence-corrected chi connectivity index (χ4v) is 2.19. The van der Waals surface area contributed by atoms with Crippen molar-refractivity contribution in [3.05, 3.63) is 0 Å². The van der Waals surface area contributed by atoms with Gasteiger partial charge in [0.25, 0.3) is 0 Å². The molecule has 2 unspecified atom stereocenters. The molecule has 1 fully saturated rings. The smallest absolute Gasteiger partial charge is 0.308 e. The van der Waals surface area contributed by atoms with E-state index in [0.717, 1.165) is 0 Å². The Balaban J connectivity index is 2.47. The van der Waals surface area contributed by atoms with Crippen molar-refractivity contribution in [1.29, 1.82) is 0 Å². The lowest BCUT2D eigenvalue weighted by molar-refractivity contribution is -0.157. The second-order valence-electron chi connectivity index (χ2n) is 4.90. The van der Waals surface area contributed by atoms with Gasteiger partial charge in [0.05, 0.1) is 24.5 Å². The molecule has 6 heteroatoms. The van der Waals surface area contributed by atoms with Crippen molar-refractivity contribution in [2.45, 2.75) is 26.4 Å². The van der Waals surface area contributed by atoms with Gasteiger partial charge in [-0.05, 0) is 26.8 Å². The largest absolute Gasteiger partial charge is 0.481 e. The zero-order chi connectivity index (χ0) is 13.7. The number of carboxylic acid groups (broad SMARTS) is 2. The summed E-state index contributed by atoms with van der Waals surface area (Å²) in [5.74, 6) is -3.64. The SMILES string of the molecule is CC(C)OCCN1CCC(C(=O)O)C(C(=O)O)C1. The van der Waals surface area contributed by atoms with Crippen molar-refractivity contribution in [1.82, 2.24) is 4.90 Å². The van der Waals surface area contributed by atoms with Crippen LogP contribution in [-0.2, 0) is 14.3 Å². The van der Waals surface area contributed by atoms with Crippen molar-refractivity contribution in [3.8, 4) is 0 Å². The van der Waals surface area contributed by atoms with Crippen LogP contribution in [-0.4, -0.2) is 59.4 Å². The summed E-state index contributed by atoms with van der Waals surface area (Å²) >= 11 is 0. The number of aliphatic carboxylic acids is 2. The topological polar surface area (TPSA) is 87.1 Å².